The molecule has 5 nitrogen and oxygen atoms in total. The van der Waals surface area contributed by atoms with Crippen LogP contribution in [0.1, 0.15) is 23.1 Å². The quantitative estimate of drug-likeness (QED) is 0.831. The fraction of sp³-hybridized carbons (Fsp3) is 0.381. The molecule has 0 spiro atoms. The summed E-state index contributed by atoms with van der Waals surface area (Å²) in [5.41, 5.74) is 3.67. The third-order valence-electron chi connectivity index (χ3n) is 4.80. The predicted molar refractivity (Wildman–Crippen MR) is 98.1 cm³/mol. The SMILES string of the molecule is O=C(CCOc1ccccc1)NCCc1c2c(cc3c1OCC3)OCC2. The summed E-state index contributed by atoms with van der Waals surface area (Å²) in [7, 11) is 0. The van der Waals surface area contributed by atoms with Crippen LogP contribution in [0.15, 0.2) is 36.4 Å². The number of para-hydroxylation sites is 1. The second kappa shape index (κ2) is 7.68. The number of hydrogen-bond acceptors (Lipinski definition) is 4. The molecule has 1 amide bonds. The number of carbonyl (C=O) groups excluding carboxylic acids is 1. The highest BCUT2D eigenvalue weighted by atomic mass is 16.5. The van der Waals surface area contributed by atoms with Crippen molar-refractivity contribution in [1.82, 2.24) is 5.32 Å². The number of amides is 1. The second-order valence-electron chi connectivity index (χ2n) is 6.53. The first-order valence-corrected chi connectivity index (χ1v) is 9.19. The molecule has 0 aromatic heterocycles. The van der Waals surface area contributed by atoms with E-state index in [2.05, 4.69) is 11.4 Å². The summed E-state index contributed by atoms with van der Waals surface area (Å²) in [6.07, 6.45) is 2.96. The lowest BCUT2D eigenvalue weighted by molar-refractivity contribution is -0.121. The van der Waals surface area contributed by atoms with Crippen molar-refractivity contribution in [2.45, 2.75) is 25.7 Å². The van der Waals surface area contributed by atoms with E-state index >= 15 is 0 Å². The van der Waals surface area contributed by atoms with Gasteiger partial charge in [0.1, 0.15) is 17.2 Å². The maximum Gasteiger partial charge on any atom is 0.223 e. The van der Waals surface area contributed by atoms with Gasteiger partial charge in [-0.2, -0.15) is 0 Å². The lowest BCUT2D eigenvalue weighted by Gasteiger charge is -2.13. The summed E-state index contributed by atoms with van der Waals surface area (Å²) in [5, 5.41) is 2.98. The van der Waals surface area contributed by atoms with Crippen molar-refractivity contribution >= 4 is 5.91 Å². The summed E-state index contributed by atoms with van der Waals surface area (Å²) in [4.78, 5) is 12.0. The zero-order chi connectivity index (χ0) is 17.8. The molecule has 0 radical (unpaired) electrons. The van der Waals surface area contributed by atoms with Gasteiger partial charge in [-0.3, -0.25) is 4.79 Å². The van der Waals surface area contributed by atoms with Gasteiger partial charge in [0.2, 0.25) is 5.91 Å². The molecule has 2 aliphatic rings. The van der Waals surface area contributed by atoms with Crippen molar-refractivity contribution < 1.29 is 19.0 Å². The molecule has 2 aromatic rings. The van der Waals surface area contributed by atoms with Gasteiger partial charge in [-0.1, -0.05) is 18.2 Å². The van der Waals surface area contributed by atoms with E-state index in [4.69, 9.17) is 14.2 Å². The van der Waals surface area contributed by atoms with Gasteiger partial charge in [-0.05, 0) is 24.6 Å². The molecule has 136 valence electrons. The maximum atomic E-state index is 12.0. The van der Waals surface area contributed by atoms with Crippen molar-refractivity contribution in [3.63, 3.8) is 0 Å². The van der Waals surface area contributed by atoms with E-state index in [9.17, 15) is 4.79 Å². The number of benzene rings is 2. The van der Waals surface area contributed by atoms with Crippen LogP contribution in [0.2, 0.25) is 0 Å². The lowest BCUT2D eigenvalue weighted by Crippen LogP contribution is -2.27. The fourth-order valence-corrected chi connectivity index (χ4v) is 3.54. The molecular formula is C21H23NO4. The zero-order valence-corrected chi connectivity index (χ0v) is 14.8. The van der Waals surface area contributed by atoms with E-state index in [1.165, 1.54) is 16.7 Å². The Morgan fingerprint density at radius 2 is 1.96 bits per heavy atom. The number of rotatable bonds is 7. The number of hydrogen-bond donors (Lipinski definition) is 1. The van der Waals surface area contributed by atoms with E-state index < -0.39 is 0 Å². The largest absolute Gasteiger partial charge is 0.493 e. The Hall–Kier alpha value is -2.69. The van der Waals surface area contributed by atoms with Crippen LogP contribution in [-0.2, 0) is 24.1 Å². The zero-order valence-electron chi connectivity index (χ0n) is 14.8. The van der Waals surface area contributed by atoms with Gasteiger partial charge in [0.25, 0.3) is 0 Å². The van der Waals surface area contributed by atoms with Gasteiger partial charge in [-0.25, -0.2) is 0 Å². The molecule has 26 heavy (non-hydrogen) atoms. The highest BCUT2D eigenvalue weighted by molar-refractivity contribution is 5.76. The fourth-order valence-electron chi connectivity index (χ4n) is 3.54. The number of fused-ring (bicyclic) bond motifs is 2. The van der Waals surface area contributed by atoms with Crippen molar-refractivity contribution in [1.29, 1.82) is 0 Å². The standard InChI is InChI=1S/C21H23NO4/c23-20(9-13-24-16-4-2-1-3-5-16)22-10-6-18-17-8-12-25-19(17)14-15-7-11-26-21(15)18/h1-5,14H,6-13H2,(H,22,23). The Labute approximate surface area is 153 Å². The summed E-state index contributed by atoms with van der Waals surface area (Å²) in [6.45, 7) is 2.43. The second-order valence-corrected chi connectivity index (χ2v) is 6.53. The number of carbonyl (C=O) groups is 1. The van der Waals surface area contributed by atoms with Crippen molar-refractivity contribution in [3.05, 3.63) is 53.1 Å². The molecule has 0 unspecified atom stereocenters. The highest BCUT2D eigenvalue weighted by Crippen LogP contribution is 2.40. The van der Waals surface area contributed by atoms with Crippen molar-refractivity contribution in [2.24, 2.45) is 0 Å². The van der Waals surface area contributed by atoms with Crippen LogP contribution >= 0.6 is 0 Å². The van der Waals surface area contributed by atoms with Gasteiger partial charge >= 0.3 is 0 Å². The minimum absolute atomic E-state index is 0.00215. The van der Waals surface area contributed by atoms with E-state index in [1.807, 2.05) is 30.3 Å². The minimum atomic E-state index is 0.00215. The molecule has 2 aromatic carbocycles. The Bertz CT molecular complexity index is 756. The first-order chi connectivity index (χ1) is 12.8. The van der Waals surface area contributed by atoms with Crippen LogP contribution in [0, 0.1) is 0 Å². The molecule has 2 heterocycles. The lowest BCUT2D eigenvalue weighted by atomic mass is 9.97. The van der Waals surface area contributed by atoms with Gasteiger partial charge in [0.15, 0.2) is 0 Å². The van der Waals surface area contributed by atoms with Crippen LogP contribution in [0.25, 0.3) is 0 Å². The molecule has 5 heteroatoms. The molecule has 0 bridgehead atoms. The summed E-state index contributed by atoms with van der Waals surface area (Å²) < 4.78 is 17.1. The monoisotopic (exact) mass is 353 g/mol. The third kappa shape index (κ3) is 3.62. The smallest absolute Gasteiger partial charge is 0.223 e. The molecule has 0 aliphatic carbocycles. The van der Waals surface area contributed by atoms with Crippen LogP contribution < -0.4 is 19.5 Å². The first-order valence-electron chi connectivity index (χ1n) is 9.19. The summed E-state index contributed by atoms with van der Waals surface area (Å²) >= 11 is 0. The Kier molecular flexibility index (Phi) is 4.95. The van der Waals surface area contributed by atoms with Crippen LogP contribution in [0.3, 0.4) is 0 Å². The first kappa shape index (κ1) is 16.8. The molecular weight excluding hydrogens is 330 g/mol. The topological polar surface area (TPSA) is 56.8 Å². The predicted octanol–water partition coefficient (Wildman–Crippen LogP) is 2.68. The molecule has 2 aliphatic heterocycles. The van der Waals surface area contributed by atoms with Gasteiger partial charge in [0, 0.05) is 36.1 Å². The third-order valence-corrected chi connectivity index (χ3v) is 4.80. The number of ether oxygens (including phenoxy) is 3. The molecule has 1 N–H and O–H groups in total. The molecule has 0 saturated heterocycles. The minimum Gasteiger partial charge on any atom is -0.493 e. The van der Waals surface area contributed by atoms with Crippen LogP contribution in [0.5, 0.6) is 17.2 Å². The van der Waals surface area contributed by atoms with E-state index in [0.717, 1.165) is 49.7 Å². The van der Waals surface area contributed by atoms with E-state index in [-0.39, 0.29) is 5.91 Å². The van der Waals surface area contributed by atoms with Gasteiger partial charge < -0.3 is 19.5 Å². The molecule has 4 rings (SSSR count). The molecule has 0 saturated carbocycles. The normalized spacial score (nSPS) is 14.2. The van der Waals surface area contributed by atoms with Gasteiger partial charge in [-0.15, -0.1) is 0 Å². The Morgan fingerprint density at radius 1 is 1.12 bits per heavy atom. The summed E-state index contributed by atoms with van der Waals surface area (Å²) in [5.74, 6) is 2.79. The molecule has 0 atom stereocenters. The summed E-state index contributed by atoms with van der Waals surface area (Å²) in [6, 6.07) is 11.7. The highest BCUT2D eigenvalue weighted by Gasteiger charge is 2.26. The van der Waals surface area contributed by atoms with Gasteiger partial charge in [0.05, 0.1) is 26.2 Å². The van der Waals surface area contributed by atoms with Crippen LogP contribution in [-0.4, -0.2) is 32.3 Å². The van der Waals surface area contributed by atoms with Crippen LogP contribution in [0.4, 0.5) is 0 Å². The average Bonchev–Trinajstić information content (AvgIpc) is 3.31. The van der Waals surface area contributed by atoms with Crippen molar-refractivity contribution in [2.75, 3.05) is 26.4 Å². The van der Waals surface area contributed by atoms with Crippen molar-refractivity contribution in [3.8, 4) is 17.2 Å². The molecule has 0 fully saturated rings. The Balaban J connectivity index is 1.28. The Morgan fingerprint density at radius 3 is 2.85 bits per heavy atom. The van der Waals surface area contributed by atoms with E-state index in [1.54, 1.807) is 0 Å². The maximum absolute atomic E-state index is 12.0. The number of nitrogens with one attached hydrogen (secondary N) is 1. The van der Waals surface area contributed by atoms with E-state index in [0.29, 0.717) is 19.6 Å². The average molecular weight is 353 g/mol.